The molecule has 1 amide bonds. The highest BCUT2D eigenvalue weighted by atomic mass is 32.2. The molecule has 2 unspecified atom stereocenters. The molecule has 3 nitrogen and oxygen atoms in total. The van der Waals surface area contributed by atoms with E-state index < -0.39 is 0 Å². The van der Waals surface area contributed by atoms with Gasteiger partial charge in [-0.1, -0.05) is 0 Å². The molecule has 1 heterocycles. The Morgan fingerprint density at radius 2 is 2.31 bits per heavy atom. The van der Waals surface area contributed by atoms with Crippen LogP contribution in [0.3, 0.4) is 0 Å². The van der Waals surface area contributed by atoms with Crippen LogP contribution in [-0.4, -0.2) is 37.0 Å². The van der Waals surface area contributed by atoms with Crippen LogP contribution in [0.15, 0.2) is 0 Å². The van der Waals surface area contributed by atoms with E-state index in [4.69, 9.17) is 0 Å². The van der Waals surface area contributed by atoms with Crippen molar-refractivity contribution in [1.29, 1.82) is 0 Å². The summed E-state index contributed by atoms with van der Waals surface area (Å²) in [4.78, 5) is 11.8. The molecule has 1 aliphatic rings. The van der Waals surface area contributed by atoms with E-state index in [2.05, 4.69) is 23.8 Å². The Bertz CT molecular complexity index is 211. The van der Waals surface area contributed by atoms with Gasteiger partial charge < -0.3 is 10.6 Å². The standard InChI is InChI=1S/C12H24N2OS/c1-10-9-11(5-7-13-10)12(15)14-6-3-4-8-16-2/h10-11,13H,3-9H2,1-2H3,(H,14,15). The van der Waals surface area contributed by atoms with Crippen molar-refractivity contribution in [1.82, 2.24) is 10.6 Å². The van der Waals surface area contributed by atoms with Gasteiger partial charge in [0, 0.05) is 18.5 Å². The number of hydrogen-bond donors (Lipinski definition) is 2. The normalized spacial score (nSPS) is 25.4. The molecule has 0 radical (unpaired) electrons. The van der Waals surface area contributed by atoms with Gasteiger partial charge in [0.2, 0.25) is 5.91 Å². The maximum atomic E-state index is 11.8. The fourth-order valence-electron chi connectivity index (χ4n) is 2.10. The molecule has 0 aromatic heterocycles. The lowest BCUT2D eigenvalue weighted by Crippen LogP contribution is -2.42. The van der Waals surface area contributed by atoms with Crippen molar-refractivity contribution in [3.63, 3.8) is 0 Å². The zero-order valence-corrected chi connectivity index (χ0v) is 11.2. The van der Waals surface area contributed by atoms with Crippen LogP contribution in [0.4, 0.5) is 0 Å². The largest absolute Gasteiger partial charge is 0.356 e. The van der Waals surface area contributed by atoms with E-state index in [1.807, 2.05) is 11.8 Å². The average molecular weight is 244 g/mol. The molecule has 16 heavy (non-hydrogen) atoms. The summed E-state index contributed by atoms with van der Waals surface area (Å²) in [5.41, 5.74) is 0. The van der Waals surface area contributed by atoms with Gasteiger partial charge in [-0.2, -0.15) is 11.8 Å². The highest BCUT2D eigenvalue weighted by Crippen LogP contribution is 2.15. The van der Waals surface area contributed by atoms with Gasteiger partial charge in [0.05, 0.1) is 0 Å². The van der Waals surface area contributed by atoms with Crippen LogP contribution in [0.1, 0.15) is 32.6 Å². The number of carbonyl (C=O) groups excluding carboxylic acids is 1. The molecule has 1 fully saturated rings. The average Bonchev–Trinajstić information content (AvgIpc) is 2.28. The van der Waals surface area contributed by atoms with Gasteiger partial charge >= 0.3 is 0 Å². The molecule has 0 saturated carbocycles. The van der Waals surface area contributed by atoms with Crippen LogP contribution in [0.2, 0.25) is 0 Å². The molecule has 4 heteroatoms. The molecule has 2 N–H and O–H groups in total. The van der Waals surface area contributed by atoms with Gasteiger partial charge in [0.1, 0.15) is 0 Å². The Kier molecular flexibility index (Phi) is 6.88. The lowest BCUT2D eigenvalue weighted by atomic mass is 9.92. The predicted octanol–water partition coefficient (Wildman–Crippen LogP) is 1.63. The number of nitrogens with one attached hydrogen (secondary N) is 2. The van der Waals surface area contributed by atoms with Gasteiger partial charge in [-0.3, -0.25) is 4.79 Å². The molecule has 1 aliphatic heterocycles. The zero-order valence-electron chi connectivity index (χ0n) is 10.4. The lowest BCUT2D eigenvalue weighted by Gasteiger charge is -2.27. The monoisotopic (exact) mass is 244 g/mol. The summed E-state index contributed by atoms with van der Waals surface area (Å²) in [6, 6.07) is 0.487. The number of rotatable bonds is 6. The van der Waals surface area contributed by atoms with Crippen molar-refractivity contribution < 1.29 is 4.79 Å². The third kappa shape index (κ3) is 5.21. The minimum Gasteiger partial charge on any atom is -0.356 e. The maximum Gasteiger partial charge on any atom is 0.223 e. The predicted molar refractivity (Wildman–Crippen MR) is 70.8 cm³/mol. The van der Waals surface area contributed by atoms with Crippen molar-refractivity contribution in [3.05, 3.63) is 0 Å². The van der Waals surface area contributed by atoms with Crippen LogP contribution in [-0.2, 0) is 4.79 Å². The Morgan fingerprint density at radius 3 is 3.00 bits per heavy atom. The van der Waals surface area contributed by atoms with Gasteiger partial charge in [0.15, 0.2) is 0 Å². The summed E-state index contributed by atoms with van der Waals surface area (Å²) < 4.78 is 0. The maximum absolute atomic E-state index is 11.8. The van der Waals surface area contributed by atoms with Crippen molar-refractivity contribution in [3.8, 4) is 0 Å². The summed E-state index contributed by atoms with van der Waals surface area (Å²) in [6.45, 7) is 3.97. The summed E-state index contributed by atoms with van der Waals surface area (Å²) in [7, 11) is 0. The Labute approximate surface area is 103 Å². The van der Waals surface area contributed by atoms with Gasteiger partial charge in [-0.15, -0.1) is 0 Å². The van der Waals surface area contributed by atoms with Crippen molar-refractivity contribution >= 4 is 17.7 Å². The lowest BCUT2D eigenvalue weighted by molar-refractivity contribution is -0.126. The number of unbranched alkanes of at least 4 members (excludes halogenated alkanes) is 1. The SMILES string of the molecule is CSCCCCNC(=O)C1CCNC(C)C1. The molecule has 1 rings (SSSR count). The molecule has 0 aliphatic carbocycles. The van der Waals surface area contributed by atoms with Gasteiger partial charge in [-0.05, 0) is 51.2 Å². The van der Waals surface area contributed by atoms with Crippen LogP contribution in [0, 0.1) is 5.92 Å². The molecule has 0 aromatic carbocycles. The van der Waals surface area contributed by atoms with Crippen LogP contribution < -0.4 is 10.6 Å². The first kappa shape index (κ1) is 13.8. The highest BCUT2D eigenvalue weighted by Gasteiger charge is 2.23. The van der Waals surface area contributed by atoms with Crippen LogP contribution >= 0.6 is 11.8 Å². The van der Waals surface area contributed by atoms with Gasteiger partial charge in [0.25, 0.3) is 0 Å². The van der Waals surface area contributed by atoms with Gasteiger partial charge in [-0.25, -0.2) is 0 Å². The second-order valence-corrected chi connectivity index (χ2v) is 5.55. The summed E-state index contributed by atoms with van der Waals surface area (Å²) >= 11 is 1.87. The Morgan fingerprint density at radius 1 is 1.50 bits per heavy atom. The molecular formula is C12H24N2OS. The fraction of sp³-hybridized carbons (Fsp3) is 0.917. The van der Waals surface area contributed by atoms with Crippen molar-refractivity contribution in [2.24, 2.45) is 5.92 Å². The minimum atomic E-state index is 0.233. The second kappa shape index (κ2) is 7.96. The molecule has 94 valence electrons. The molecular weight excluding hydrogens is 220 g/mol. The first-order chi connectivity index (χ1) is 7.74. The molecule has 1 saturated heterocycles. The number of carbonyl (C=O) groups is 1. The number of thioether (sulfide) groups is 1. The summed E-state index contributed by atoms with van der Waals surface area (Å²) in [5.74, 6) is 1.69. The van der Waals surface area contributed by atoms with Crippen molar-refractivity contribution in [2.75, 3.05) is 25.1 Å². The topological polar surface area (TPSA) is 41.1 Å². The van der Waals surface area contributed by atoms with E-state index in [9.17, 15) is 4.79 Å². The van der Waals surface area contributed by atoms with Crippen LogP contribution in [0.25, 0.3) is 0 Å². The Balaban J connectivity index is 2.09. The third-order valence-corrected chi connectivity index (χ3v) is 3.77. The van der Waals surface area contributed by atoms with E-state index in [-0.39, 0.29) is 11.8 Å². The molecule has 0 bridgehead atoms. The number of amides is 1. The summed E-state index contributed by atoms with van der Waals surface area (Å²) in [6.07, 6.45) is 6.39. The smallest absolute Gasteiger partial charge is 0.223 e. The highest BCUT2D eigenvalue weighted by molar-refractivity contribution is 7.98. The van der Waals surface area contributed by atoms with E-state index in [1.54, 1.807) is 0 Å². The zero-order chi connectivity index (χ0) is 11.8. The fourth-order valence-corrected chi connectivity index (χ4v) is 2.59. The van der Waals surface area contributed by atoms with E-state index in [1.165, 1.54) is 12.2 Å². The van der Waals surface area contributed by atoms with Crippen LogP contribution in [0.5, 0.6) is 0 Å². The molecule has 0 spiro atoms. The third-order valence-electron chi connectivity index (χ3n) is 3.07. The molecule has 2 atom stereocenters. The second-order valence-electron chi connectivity index (χ2n) is 4.57. The van der Waals surface area contributed by atoms with E-state index in [0.717, 1.165) is 32.4 Å². The van der Waals surface area contributed by atoms with E-state index >= 15 is 0 Å². The Hall–Kier alpha value is -0.220. The number of piperidine rings is 1. The summed E-state index contributed by atoms with van der Waals surface area (Å²) in [5, 5.41) is 6.42. The first-order valence-electron chi connectivity index (χ1n) is 6.24. The quantitative estimate of drug-likeness (QED) is 0.698. The number of hydrogen-bond acceptors (Lipinski definition) is 3. The first-order valence-corrected chi connectivity index (χ1v) is 7.63. The molecule has 0 aromatic rings. The minimum absolute atomic E-state index is 0.233. The van der Waals surface area contributed by atoms with E-state index in [0.29, 0.717) is 6.04 Å². The van der Waals surface area contributed by atoms with Crippen molar-refractivity contribution in [2.45, 2.75) is 38.6 Å².